The molecule has 1 atom stereocenters. The van der Waals surface area contributed by atoms with E-state index in [4.69, 9.17) is 15.2 Å². The number of methoxy groups -OCH3 is 2. The minimum absolute atomic E-state index is 0.234. The maximum Gasteiger partial charge on any atom is 0.0589 e. The highest BCUT2D eigenvalue weighted by Crippen LogP contribution is 2.24. The first-order chi connectivity index (χ1) is 10.1. The number of rotatable bonds is 10. The fourth-order valence-electron chi connectivity index (χ4n) is 2.72. The third kappa shape index (κ3) is 5.75. The summed E-state index contributed by atoms with van der Waals surface area (Å²) in [6, 6.07) is 6.83. The molecule has 2 N–H and O–H groups in total. The van der Waals surface area contributed by atoms with Crippen molar-refractivity contribution >= 4 is 0 Å². The molecule has 0 radical (unpaired) electrons. The topological polar surface area (TPSA) is 47.7 Å². The van der Waals surface area contributed by atoms with Crippen LogP contribution in [-0.2, 0) is 9.47 Å². The molecule has 1 aromatic rings. The van der Waals surface area contributed by atoms with Gasteiger partial charge in [0.1, 0.15) is 0 Å². The van der Waals surface area contributed by atoms with Gasteiger partial charge in [-0.05, 0) is 31.4 Å². The number of aryl methyl sites for hydroxylation is 2. The van der Waals surface area contributed by atoms with E-state index in [1.165, 1.54) is 16.7 Å². The van der Waals surface area contributed by atoms with Crippen molar-refractivity contribution in [2.24, 2.45) is 5.73 Å². The zero-order valence-corrected chi connectivity index (χ0v) is 13.9. The second-order valence-corrected chi connectivity index (χ2v) is 5.49. The van der Waals surface area contributed by atoms with Gasteiger partial charge in [-0.25, -0.2) is 0 Å². The van der Waals surface area contributed by atoms with Crippen LogP contribution in [0.25, 0.3) is 0 Å². The van der Waals surface area contributed by atoms with Gasteiger partial charge in [0.2, 0.25) is 0 Å². The summed E-state index contributed by atoms with van der Waals surface area (Å²) in [6.07, 6.45) is 1.00. The number of hydrogen-bond acceptors (Lipinski definition) is 4. The molecule has 0 aromatic heterocycles. The Labute approximate surface area is 129 Å². The summed E-state index contributed by atoms with van der Waals surface area (Å²) in [5.74, 6) is 0. The van der Waals surface area contributed by atoms with Crippen molar-refractivity contribution in [3.63, 3.8) is 0 Å². The van der Waals surface area contributed by atoms with Crippen molar-refractivity contribution in [1.29, 1.82) is 0 Å². The Morgan fingerprint density at radius 1 is 1.10 bits per heavy atom. The molecule has 4 nitrogen and oxygen atoms in total. The lowest BCUT2D eigenvalue weighted by atomic mass is 9.98. The highest BCUT2D eigenvalue weighted by molar-refractivity contribution is 5.33. The molecule has 0 aliphatic carbocycles. The highest BCUT2D eigenvalue weighted by atomic mass is 16.5. The van der Waals surface area contributed by atoms with Crippen LogP contribution in [0, 0.1) is 13.8 Å². The van der Waals surface area contributed by atoms with E-state index in [-0.39, 0.29) is 6.04 Å². The van der Waals surface area contributed by atoms with Gasteiger partial charge in [0.05, 0.1) is 6.61 Å². The molecule has 0 bridgehead atoms. The molecular formula is C17H30N2O2. The monoisotopic (exact) mass is 294 g/mol. The van der Waals surface area contributed by atoms with E-state index in [2.05, 4.69) is 36.9 Å². The summed E-state index contributed by atoms with van der Waals surface area (Å²) in [6.45, 7) is 8.23. The SMILES string of the molecule is COCCCN(CCOC)C(CN)c1ccc(C)cc1C. The number of benzene rings is 1. The second-order valence-electron chi connectivity index (χ2n) is 5.49. The molecule has 21 heavy (non-hydrogen) atoms. The normalized spacial score (nSPS) is 12.9. The van der Waals surface area contributed by atoms with Crippen LogP contribution in [0.2, 0.25) is 0 Å². The lowest BCUT2D eigenvalue weighted by molar-refractivity contribution is 0.108. The average Bonchev–Trinajstić information content (AvgIpc) is 2.46. The summed E-state index contributed by atoms with van der Waals surface area (Å²) in [4.78, 5) is 2.40. The molecule has 1 aromatic carbocycles. The molecule has 0 fully saturated rings. The molecule has 1 unspecified atom stereocenters. The van der Waals surface area contributed by atoms with Crippen molar-refractivity contribution in [2.45, 2.75) is 26.3 Å². The summed E-state index contributed by atoms with van der Waals surface area (Å²) < 4.78 is 10.4. The largest absolute Gasteiger partial charge is 0.385 e. The van der Waals surface area contributed by atoms with Crippen LogP contribution in [0.1, 0.15) is 29.2 Å². The molecule has 0 saturated heterocycles. The zero-order chi connectivity index (χ0) is 15.7. The third-order valence-corrected chi connectivity index (χ3v) is 3.82. The predicted molar refractivity (Wildman–Crippen MR) is 87.7 cm³/mol. The molecule has 0 spiro atoms. The fraction of sp³-hybridized carbons (Fsp3) is 0.647. The molecular weight excluding hydrogens is 264 g/mol. The van der Waals surface area contributed by atoms with Crippen LogP contribution in [-0.4, -0.2) is 52.0 Å². The first kappa shape index (κ1) is 18.1. The van der Waals surface area contributed by atoms with Gasteiger partial charge in [0.25, 0.3) is 0 Å². The van der Waals surface area contributed by atoms with Gasteiger partial charge in [-0.1, -0.05) is 23.8 Å². The molecule has 0 aliphatic rings. The Balaban J connectivity index is 2.87. The zero-order valence-electron chi connectivity index (χ0n) is 13.9. The molecule has 0 aliphatic heterocycles. The number of ether oxygens (including phenoxy) is 2. The van der Waals surface area contributed by atoms with Gasteiger partial charge >= 0.3 is 0 Å². The highest BCUT2D eigenvalue weighted by Gasteiger charge is 2.20. The van der Waals surface area contributed by atoms with Crippen LogP contribution >= 0.6 is 0 Å². The van der Waals surface area contributed by atoms with E-state index < -0.39 is 0 Å². The minimum atomic E-state index is 0.234. The molecule has 4 heteroatoms. The average molecular weight is 294 g/mol. The smallest absolute Gasteiger partial charge is 0.0589 e. The van der Waals surface area contributed by atoms with Gasteiger partial charge in [-0.3, -0.25) is 4.90 Å². The van der Waals surface area contributed by atoms with Crippen LogP contribution in [0.5, 0.6) is 0 Å². The van der Waals surface area contributed by atoms with Crippen molar-refractivity contribution in [2.75, 3.05) is 47.1 Å². The van der Waals surface area contributed by atoms with E-state index in [1.54, 1.807) is 14.2 Å². The molecule has 1 rings (SSSR count). The Bertz CT molecular complexity index is 410. The number of nitrogens with zero attached hydrogens (tertiary/aromatic N) is 1. The first-order valence-corrected chi connectivity index (χ1v) is 7.63. The molecule has 0 amide bonds. The van der Waals surface area contributed by atoms with E-state index in [0.717, 1.165) is 26.1 Å². The van der Waals surface area contributed by atoms with Gasteiger partial charge in [0.15, 0.2) is 0 Å². The number of nitrogens with two attached hydrogens (primary N) is 1. The summed E-state index contributed by atoms with van der Waals surface area (Å²) in [5.41, 5.74) is 9.98. The summed E-state index contributed by atoms with van der Waals surface area (Å²) in [5, 5.41) is 0. The fourth-order valence-corrected chi connectivity index (χ4v) is 2.72. The standard InChI is InChI=1S/C17H30N2O2/c1-14-6-7-16(15(2)12-14)17(13-18)19(9-11-21-4)8-5-10-20-3/h6-7,12,17H,5,8-11,13,18H2,1-4H3. The van der Waals surface area contributed by atoms with Crippen LogP contribution in [0.4, 0.5) is 0 Å². The van der Waals surface area contributed by atoms with Gasteiger partial charge in [0, 0.05) is 46.5 Å². The van der Waals surface area contributed by atoms with Crippen LogP contribution in [0.3, 0.4) is 0 Å². The van der Waals surface area contributed by atoms with Crippen LogP contribution < -0.4 is 5.73 Å². The maximum absolute atomic E-state index is 6.07. The Morgan fingerprint density at radius 3 is 2.38 bits per heavy atom. The maximum atomic E-state index is 6.07. The predicted octanol–water partition coefficient (Wildman–Crippen LogP) is 2.29. The Kier molecular flexibility index (Phi) is 8.54. The van der Waals surface area contributed by atoms with Gasteiger partial charge in [-0.15, -0.1) is 0 Å². The first-order valence-electron chi connectivity index (χ1n) is 7.63. The number of hydrogen-bond donors (Lipinski definition) is 1. The quantitative estimate of drug-likeness (QED) is 0.673. The second kappa shape index (κ2) is 9.90. The van der Waals surface area contributed by atoms with E-state index >= 15 is 0 Å². The molecule has 120 valence electrons. The van der Waals surface area contributed by atoms with E-state index in [0.29, 0.717) is 13.2 Å². The van der Waals surface area contributed by atoms with E-state index in [9.17, 15) is 0 Å². The van der Waals surface area contributed by atoms with Gasteiger partial charge in [-0.2, -0.15) is 0 Å². The van der Waals surface area contributed by atoms with Crippen molar-refractivity contribution in [1.82, 2.24) is 4.90 Å². The molecule has 0 saturated carbocycles. The van der Waals surface area contributed by atoms with Crippen LogP contribution in [0.15, 0.2) is 18.2 Å². The molecule has 0 heterocycles. The summed E-state index contributed by atoms with van der Waals surface area (Å²) in [7, 11) is 3.48. The van der Waals surface area contributed by atoms with Gasteiger partial charge < -0.3 is 15.2 Å². The lowest BCUT2D eigenvalue weighted by Crippen LogP contribution is -2.37. The van der Waals surface area contributed by atoms with Crippen molar-refractivity contribution < 1.29 is 9.47 Å². The lowest BCUT2D eigenvalue weighted by Gasteiger charge is -2.32. The minimum Gasteiger partial charge on any atom is -0.385 e. The summed E-state index contributed by atoms with van der Waals surface area (Å²) >= 11 is 0. The Morgan fingerprint density at radius 2 is 1.81 bits per heavy atom. The third-order valence-electron chi connectivity index (χ3n) is 3.82. The Hall–Kier alpha value is -0.940. The van der Waals surface area contributed by atoms with Crippen molar-refractivity contribution in [3.05, 3.63) is 34.9 Å². The van der Waals surface area contributed by atoms with Crippen molar-refractivity contribution in [3.8, 4) is 0 Å². The van der Waals surface area contributed by atoms with E-state index in [1.807, 2.05) is 0 Å².